The Balaban J connectivity index is 1.60. The summed E-state index contributed by atoms with van der Waals surface area (Å²) in [7, 11) is -3.28. The first-order valence-corrected chi connectivity index (χ1v) is 10.5. The third-order valence-electron chi connectivity index (χ3n) is 4.56. The van der Waals surface area contributed by atoms with Gasteiger partial charge in [-0.3, -0.25) is 4.31 Å². The predicted octanol–water partition coefficient (Wildman–Crippen LogP) is 3.07. The number of carbonyl (C=O) groups excluding carboxylic acids is 1. The Morgan fingerprint density at radius 1 is 1.04 bits per heavy atom. The second-order valence-corrected chi connectivity index (χ2v) is 8.63. The van der Waals surface area contributed by atoms with Crippen molar-refractivity contribution in [2.75, 3.05) is 15.9 Å². The summed E-state index contributed by atoms with van der Waals surface area (Å²) in [5.41, 5.74) is 1.31. The summed E-state index contributed by atoms with van der Waals surface area (Å²) in [5.74, 6) is 0. The van der Waals surface area contributed by atoms with Gasteiger partial charge in [0.25, 0.3) is 0 Å². The van der Waals surface area contributed by atoms with Crippen LogP contribution in [-0.2, 0) is 10.0 Å². The van der Waals surface area contributed by atoms with Gasteiger partial charge in [-0.2, -0.15) is 0 Å². The molecule has 2 aliphatic carbocycles. The number of nitrogens with one attached hydrogen (secondary N) is 2. The summed E-state index contributed by atoms with van der Waals surface area (Å²) >= 11 is 0. The third-order valence-corrected chi connectivity index (χ3v) is 5.78. The summed E-state index contributed by atoms with van der Waals surface area (Å²) in [4.78, 5) is 12.0. The normalized spacial score (nSPS) is 18.9. The minimum absolute atomic E-state index is 0.0772. The molecule has 2 saturated carbocycles. The highest BCUT2D eigenvalue weighted by atomic mass is 32.2. The fourth-order valence-electron chi connectivity index (χ4n) is 3.27. The maximum Gasteiger partial charge on any atom is 0.319 e. The molecule has 6 nitrogen and oxygen atoms in total. The molecule has 2 amide bonds. The Morgan fingerprint density at radius 2 is 1.67 bits per heavy atom. The van der Waals surface area contributed by atoms with Crippen molar-refractivity contribution in [2.45, 2.75) is 57.0 Å². The average Bonchev–Trinajstić information content (AvgIpc) is 3.33. The molecule has 0 heterocycles. The minimum Gasteiger partial charge on any atom is -0.335 e. The van der Waals surface area contributed by atoms with E-state index in [9.17, 15) is 13.2 Å². The lowest BCUT2D eigenvalue weighted by Crippen LogP contribution is -2.39. The van der Waals surface area contributed by atoms with Crippen molar-refractivity contribution in [1.82, 2.24) is 5.32 Å². The molecule has 1 aromatic rings. The Hall–Kier alpha value is -1.76. The van der Waals surface area contributed by atoms with E-state index < -0.39 is 10.0 Å². The van der Waals surface area contributed by atoms with E-state index in [2.05, 4.69) is 10.6 Å². The highest BCUT2D eigenvalue weighted by Gasteiger charge is 2.35. The molecule has 24 heavy (non-hydrogen) atoms. The maximum atomic E-state index is 12.0. The molecule has 2 fully saturated rings. The Bertz CT molecular complexity index is 678. The number of rotatable bonds is 5. The topological polar surface area (TPSA) is 78.5 Å². The van der Waals surface area contributed by atoms with Crippen LogP contribution in [-0.4, -0.2) is 32.8 Å². The van der Waals surface area contributed by atoms with Gasteiger partial charge < -0.3 is 10.6 Å². The molecule has 0 spiro atoms. The molecule has 0 radical (unpaired) electrons. The number of urea groups is 1. The van der Waals surface area contributed by atoms with Gasteiger partial charge in [0.05, 0.1) is 11.9 Å². The molecule has 3 rings (SSSR count). The molecule has 7 heteroatoms. The molecule has 1 aromatic carbocycles. The smallest absolute Gasteiger partial charge is 0.319 e. The van der Waals surface area contributed by atoms with Crippen molar-refractivity contribution < 1.29 is 13.2 Å². The second-order valence-electron chi connectivity index (χ2n) is 6.77. The first-order valence-electron chi connectivity index (χ1n) is 8.60. The number of nitrogens with zero attached hydrogens (tertiary/aromatic N) is 1. The maximum absolute atomic E-state index is 12.0. The van der Waals surface area contributed by atoms with Gasteiger partial charge in [-0.15, -0.1) is 0 Å². The molecule has 0 aliphatic heterocycles. The van der Waals surface area contributed by atoms with Crippen LogP contribution in [0.15, 0.2) is 24.3 Å². The summed E-state index contributed by atoms with van der Waals surface area (Å²) in [6.07, 6.45) is 8.69. The molecule has 132 valence electrons. The quantitative estimate of drug-likeness (QED) is 0.856. The largest absolute Gasteiger partial charge is 0.335 e. The van der Waals surface area contributed by atoms with E-state index in [4.69, 9.17) is 0 Å². The highest BCUT2D eigenvalue weighted by Crippen LogP contribution is 2.34. The number of benzene rings is 1. The van der Waals surface area contributed by atoms with E-state index >= 15 is 0 Å². The lowest BCUT2D eigenvalue weighted by atomic mass is 9.96. The van der Waals surface area contributed by atoms with Crippen molar-refractivity contribution in [2.24, 2.45) is 0 Å². The number of anilines is 2. The van der Waals surface area contributed by atoms with E-state index in [1.807, 2.05) is 0 Å². The summed E-state index contributed by atoms with van der Waals surface area (Å²) in [6, 6.07) is 7.12. The molecule has 0 bridgehead atoms. The van der Waals surface area contributed by atoms with E-state index in [1.165, 1.54) is 29.8 Å². The van der Waals surface area contributed by atoms with Gasteiger partial charge >= 0.3 is 6.03 Å². The lowest BCUT2D eigenvalue weighted by Gasteiger charge is -2.23. The first kappa shape index (κ1) is 17.1. The zero-order valence-corrected chi connectivity index (χ0v) is 14.8. The van der Waals surface area contributed by atoms with Crippen LogP contribution >= 0.6 is 0 Å². The van der Waals surface area contributed by atoms with Gasteiger partial charge in [-0.1, -0.05) is 19.3 Å². The Labute approximate surface area is 143 Å². The molecule has 2 N–H and O–H groups in total. The van der Waals surface area contributed by atoms with Crippen LogP contribution in [0.5, 0.6) is 0 Å². The summed E-state index contributed by atoms with van der Waals surface area (Å²) in [5, 5.41) is 5.82. The van der Waals surface area contributed by atoms with E-state index in [-0.39, 0.29) is 18.1 Å². The van der Waals surface area contributed by atoms with Crippen molar-refractivity contribution in [3.63, 3.8) is 0 Å². The first-order chi connectivity index (χ1) is 11.4. The van der Waals surface area contributed by atoms with Crippen LogP contribution in [0.2, 0.25) is 0 Å². The van der Waals surface area contributed by atoms with E-state index in [0.717, 1.165) is 25.7 Å². The van der Waals surface area contributed by atoms with Crippen LogP contribution in [0.1, 0.15) is 44.9 Å². The second kappa shape index (κ2) is 7.01. The van der Waals surface area contributed by atoms with Gasteiger partial charge in [0.2, 0.25) is 10.0 Å². The molecule has 2 aliphatic rings. The molecular weight excluding hydrogens is 326 g/mol. The fourth-order valence-corrected chi connectivity index (χ4v) is 4.53. The standard InChI is InChI=1S/C17H25N3O3S/c1-24(22,23)20(16-11-12-16)15-9-7-14(8-10-15)19-17(21)18-13-5-3-2-4-6-13/h7-10,13,16H,2-6,11-12H2,1H3,(H2,18,19,21). The average molecular weight is 351 g/mol. The van der Waals surface area contributed by atoms with Crippen LogP contribution in [0.3, 0.4) is 0 Å². The number of sulfonamides is 1. The van der Waals surface area contributed by atoms with Crippen LogP contribution in [0.25, 0.3) is 0 Å². The molecule has 0 unspecified atom stereocenters. The van der Waals surface area contributed by atoms with Gasteiger partial charge in [0.15, 0.2) is 0 Å². The van der Waals surface area contributed by atoms with Crippen molar-refractivity contribution in [3.05, 3.63) is 24.3 Å². The fraction of sp³-hybridized carbons (Fsp3) is 0.588. The van der Waals surface area contributed by atoms with Gasteiger partial charge in [-0.05, 0) is 49.9 Å². The Morgan fingerprint density at radius 3 is 2.21 bits per heavy atom. The summed E-state index contributed by atoms with van der Waals surface area (Å²) < 4.78 is 25.4. The predicted molar refractivity (Wildman–Crippen MR) is 95.8 cm³/mol. The van der Waals surface area contributed by atoms with Crippen LogP contribution in [0, 0.1) is 0 Å². The van der Waals surface area contributed by atoms with Gasteiger partial charge in [0.1, 0.15) is 0 Å². The van der Waals surface area contributed by atoms with Gasteiger partial charge in [-0.25, -0.2) is 13.2 Å². The van der Waals surface area contributed by atoms with E-state index in [0.29, 0.717) is 11.4 Å². The zero-order chi connectivity index (χ0) is 17.2. The third kappa shape index (κ3) is 4.41. The molecule has 0 saturated heterocycles. The van der Waals surface area contributed by atoms with E-state index in [1.54, 1.807) is 24.3 Å². The lowest BCUT2D eigenvalue weighted by molar-refractivity contribution is 0.244. The molecule has 0 aromatic heterocycles. The SMILES string of the molecule is CS(=O)(=O)N(c1ccc(NC(=O)NC2CCCCC2)cc1)C1CC1. The van der Waals surface area contributed by atoms with Crippen molar-refractivity contribution in [3.8, 4) is 0 Å². The number of hydrogen-bond acceptors (Lipinski definition) is 3. The Kier molecular flexibility index (Phi) is 4.99. The number of hydrogen-bond donors (Lipinski definition) is 2. The van der Waals surface area contributed by atoms with Crippen molar-refractivity contribution >= 4 is 27.4 Å². The molecular formula is C17H25N3O3S. The molecule has 0 atom stereocenters. The summed E-state index contributed by atoms with van der Waals surface area (Å²) in [6.45, 7) is 0. The number of amides is 2. The van der Waals surface area contributed by atoms with Crippen molar-refractivity contribution in [1.29, 1.82) is 0 Å². The van der Waals surface area contributed by atoms with Crippen LogP contribution < -0.4 is 14.9 Å². The van der Waals surface area contributed by atoms with Crippen LogP contribution in [0.4, 0.5) is 16.2 Å². The minimum atomic E-state index is -3.28. The monoisotopic (exact) mass is 351 g/mol. The zero-order valence-electron chi connectivity index (χ0n) is 14.0. The van der Waals surface area contributed by atoms with Gasteiger partial charge in [0, 0.05) is 17.8 Å². The highest BCUT2D eigenvalue weighted by molar-refractivity contribution is 7.92. The number of carbonyl (C=O) groups is 1.